The molecule has 3 heteroatoms. The van der Waals surface area contributed by atoms with Gasteiger partial charge in [-0.3, -0.25) is 0 Å². The number of aliphatic hydroxyl groups excluding tert-OH is 1. The molecule has 0 aliphatic carbocycles. The van der Waals surface area contributed by atoms with Crippen LogP contribution in [0, 0.1) is 0 Å². The van der Waals surface area contributed by atoms with E-state index in [0.717, 1.165) is 16.9 Å². The predicted octanol–water partition coefficient (Wildman–Crippen LogP) is 2.11. The number of rotatable bonds is 5. The Kier molecular flexibility index (Phi) is 4.33. The Morgan fingerprint density at radius 1 is 1.25 bits per heavy atom. The highest BCUT2D eigenvalue weighted by molar-refractivity contribution is 5.40. The smallest absolute Gasteiger partial charge is 0.124 e. The second kappa shape index (κ2) is 5.32. The van der Waals surface area contributed by atoms with Gasteiger partial charge in [-0.15, -0.1) is 0 Å². The average Bonchev–Trinajstić information content (AvgIpc) is 2.29. The molecular weight excluding hydrogens is 204 g/mol. The average molecular weight is 224 g/mol. The Labute approximate surface area is 97.0 Å². The van der Waals surface area contributed by atoms with Crippen LogP contribution in [0.2, 0.25) is 0 Å². The van der Waals surface area contributed by atoms with Crippen LogP contribution < -0.4 is 4.74 Å². The van der Waals surface area contributed by atoms with E-state index in [4.69, 9.17) is 9.47 Å². The Hall–Kier alpha value is -1.06. The first-order valence-electron chi connectivity index (χ1n) is 5.32. The molecule has 1 rings (SSSR count). The van der Waals surface area contributed by atoms with Crippen LogP contribution >= 0.6 is 0 Å². The molecule has 0 fully saturated rings. The lowest BCUT2D eigenvalue weighted by Crippen LogP contribution is -2.22. The molecule has 0 aromatic heterocycles. The zero-order valence-electron chi connectivity index (χ0n) is 10.4. The van der Waals surface area contributed by atoms with Crippen LogP contribution in [0.4, 0.5) is 0 Å². The summed E-state index contributed by atoms with van der Waals surface area (Å²) >= 11 is 0. The van der Waals surface area contributed by atoms with Crippen LogP contribution in [0.3, 0.4) is 0 Å². The molecule has 0 saturated carbocycles. The quantitative estimate of drug-likeness (QED) is 0.832. The fourth-order valence-corrected chi connectivity index (χ4v) is 1.53. The maximum atomic E-state index is 9.32. The summed E-state index contributed by atoms with van der Waals surface area (Å²) in [6, 6.07) is 5.95. The number of ether oxygens (including phenoxy) is 2. The zero-order valence-corrected chi connectivity index (χ0v) is 10.4. The molecule has 0 aliphatic heterocycles. The predicted molar refractivity (Wildman–Crippen MR) is 63.8 cm³/mol. The maximum absolute atomic E-state index is 9.32. The van der Waals surface area contributed by atoms with E-state index in [0.29, 0.717) is 6.61 Å². The summed E-state index contributed by atoms with van der Waals surface area (Å²) in [5.41, 5.74) is 1.83. The van der Waals surface area contributed by atoms with Gasteiger partial charge in [0.2, 0.25) is 0 Å². The van der Waals surface area contributed by atoms with Crippen molar-refractivity contribution in [2.45, 2.75) is 25.9 Å². The third-order valence-corrected chi connectivity index (χ3v) is 2.76. The van der Waals surface area contributed by atoms with E-state index in [-0.39, 0.29) is 12.0 Å². The number of hydrogen-bond donors (Lipinski definition) is 1. The molecule has 0 heterocycles. The van der Waals surface area contributed by atoms with Gasteiger partial charge in [0.05, 0.1) is 20.3 Å². The topological polar surface area (TPSA) is 38.7 Å². The van der Waals surface area contributed by atoms with Crippen LogP contribution in [0.15, 0.2) is 18.2 Å². The summed E-state index contributed by atoms with van der Waals surface area (Å²) in [5, 5.41) is 9.32. The summed E-state index contributed by atoms with van der Waals surface area (Å²) < 4.78 is 10.4. The van der Waals surface area contributed by atoms with Crippen molar-refractivity contribution in [3.8, 4) is 5.75 Å². The van der Waals surface area contributed by atoms with Gasteiger partial charge in [-0.1, -0.05) is 26.0 Å². The molecule has 16 heavy (non-hydrogen) atoms. The molecule has 0 aliphatic rings. The summed E-state index contributed by atoms with van der Waals surface area (Å²) in [7, 11) is 3.30. The van der Waals surface area contributed by atoms with E-state index >= 15 is 0 Å². The van der Waals surface area contributed by atoms with Crippen molar-refractivity contribution in [1.29, 1.82) is 0 Å². The Morgan fingerprint density at radius 3 is 2.44 bits per heavy atom. The van der Waals surface area contributed by atoms with Crippen LogP contribution in [-0.2, 0) is 16.8 Å². The first-order chi connectivity index (χ1) is 7.55. The molecule has 1 aromatic carbocycles. The van der Waals surface area contributed by atoms with Gasteiger partial charge in [0.15, 0.2) is 0 Å². The van der Waals surface area contributed by atoms with Gasteiger partial charge in [-0.2, -0.15) is 0 Å². The molecule has 0 spiro atoms. The van der Waals surface area contributed by atoms with Crippen LogP contribution in [0.1, 0.15) is 25.0 Å². The molecular formula is C13H20O3. The van der Waals surface area contributed by atoms with Crippen LogP contribution in [0.5, 0.6) is 5.75 Å². The van der Waals surface area contributed by atoms with E-state index in [9.17, 15) is 5.11 Å². The second-order valence-electron chi connectivity index (χ2n) is 4.50. The highest BCUT2D eigenvalue weighted by atomic mass is 16.5. The van der Waals surface area contributed by atoms with Crippen molar-refractivity contribution in [3.63, 3.8) is 0 Å². The number of benzene rings is 1. The minimum Gasteiger partial charge on any atom is -0.496 e. The van der Waals surface area contributed by atoms with Gasteiger partial charge >= 0.3 is 0 Å². The Morgan fingerprint density at radius 2 is 1.94 bits per heavy atom. The highest BCUT2D eigenvalue weighted by Gasteiger charge is 2.20. The normalized spacial score (nSPS) is 11.6. The van der Waals surface area contributed by atoms with Crippen LogP contribution in [0.25, 0.3) is 0 Å². The van der Waals surface area contributed by atoms with Crippen molar-refractivity contribution in [1.82, 2.24) is 0 Å². The first-order valence-corrected chi connectivity index (χ1v) is 5.32. The number of hydrogen-bond acceptors (Lipinski definition) is 3. The van der Waals surface area contributed by atoms with E-state index in [2.05, 4.69) is 0 Å². The molecule has 0 amide bonds. The van der Waals surface area contributed by atoms with Gasteiger partial charge in [-0.05, 0) is 11.6 Å². The van der Waals surface area contributed by atoms with Gasteiger partial charge in [0.25, 0.3) is 0 Å². The van der Waals surface area contributed by atoms with E-state index in [1.54, 1.807) is 14.2 Å². The molecule has 1 aromatic rings. The van der Waals surface area contributed by atoms with Crippen molar-refractivity contribution in [3.05, 3.63) is 29.3 Å². The lowest BCUT2D eigenvalue weighted by Gasteiger charge is -2.23. The van der Waals surface area contributed by atoms with E-state index < -0.39 is 0 Å². The Bertz CT molecular complexity index is 345. The van der Waals surface area contributed by atoms with E-state index in [1.165, 1.54) is 0 Å². The fraction of sp³-hybridized carbons (Fsp3) is 0.538. The molecule has 0 bridgehead atoms. The van der Waals surface area contributed by atoms with Crippen LogP contribution in [-0.4, -0.2) is 25.9 Å². The molecule has 0 unspecified atom stereocenters. The minimum absolute atomic E-state index is 0.111. The lowest BCUT2D eigenvalue weighted by atomic mass is 9.85. The molecule has 90 valence electrons. The fourth-order valence-electron chi connectivity index (χ4n) is 1.53. The second-order valence-corrected chi connectivity index (χ2v) is 4.50. The van der Waals surface area contributed by atoms with Gasteiger partial charge in [0.1, 0.15) is 5.75 Å². The maximum Gasteiger partial charge on any atom is 0.124 e. The summed E-state index contributed by atoms with van der Waals surface area (Å²) in [4.78, 5) is 0. The summed E-state index contributed by atoms with van der Waals surface area (Å²) in [5.74, 6) is 0.806. The monoisotopic (exact) mass is 224 g/mol. The first kappa shape index (κ1) is 13.0. The van der Waals surface area contributed by atoms with Crippen molar-refractivity contribution >= 4 is 0 Å². The molecule has 1 N–H and O–H groups in total. The standard InChI is InChI=1S/C13H20O3/c1-13(2,9-14)11-6-5-10(8-15-3)12(7-11)16-4/h5-7,14H,8-9H2,1-4H3. The van der Waals surface area contributed by atoms with Gasteiger partial charge in [-0.25, -0.2) is 0 Å². The molecule has 0 radical (unpaired) electrons. The highest BCUT2D eigenvalue weighted by Crippen LogP contribution is 2.28. The molecule has 0 saturated heterocycles. The van der Waals surface area contributed by atoms with Gasteiger partial charge in [0, 0.05) is 18.1 Å². The zero-order chi connectivity index (χ0) is 12.2. The largest absolute Gasteiger partial charge is 0.496 e. The number of methoxy groups -OCH3 is 2. The number of aliphatic hydroxyl groups is 1. The third kappa shape index (κ3) is 2.74. The summed E-state index contributed by atoms with van der Waals surface area (Å²) in [6.07, 6.45) is 0. The molecule has 0 atom stereocenters. The summed E-state index contributed by atoms with van der Waals surface area (Å²) in [6.45, 7) is 4.64. The molecule has 3 nitrogen and oxygen atoms in total. The van der Waals surface area contributed by atoms with E-state index in [1.807, 2.05) is 32.0 Å². The Balaban J connectivity index is 3.08. The minimum atomic E-state index is -0.251. The third-order valence-electron chi connectivity index (χ3n) is 2.76. The SMILES string of the molecule is COCc1ccc(C(C)(C)CO)cc1OC. The van der Waals surface area contributed by atoms with Crippen molar-refractivity contribution in [2.75, 3.05) is 20.8 Å². The van der Waals surface area contributed by atoms with Crippen molar-refractivity contribution < 1.29 is 14.6 Å². The lowest BCUT2D eigenvalue weighted by molar-refractivity contribution is 0.181. The van der Waals surface area contributed by atoms with Crippen molar-refractivity contribution in [2.24, 2.45) is 0 Å². The van der Waals surface area contributed by atoms with Gasteiger partial charge < -0.3 is 14.6 Å².